The fraction of sp³-hybridized carbons (Fsp3) is 0.262. The summed E-state index contributed by atoms with van der Waals surface area (Å²) < 4.78 is 13.4. The van der Waals surface area contributed by atoms with Gasteiger partial charge in [0.25, 0.3) is 11.8 Å². The average molecular weight is 680 g/mol. The SMILES string of the molecule is Cc1c(C(=O)Nc2ccc(OCc3ccccc3)cc2)cc(-c2cc(C#N)ccc2C(=O)N2Cc3ccccc3C[C@H]2CN2CCOCC2)n1C. The van der Waals surface area contributed by atoms with Crippen LogP contribution >= 0.6 is 0 Å². The van der Waals surface area contributed by atoms with E-state index in [-0.39, 0.29) is 17.9 Å². The van der Waals surface area contributed by atoms with Gasteiger partial charge in [0.05, 0.1) is 30.4 Å². The third kappa shape index (κ3) is 7.43. The van der Waals surface area contributed by atoms with Crippen molar-refractivity contribution in [3.05, 3.63) is 142 Å². The smallest absolute Gasteiger partial charge is 0.257 e. The number of carbonyl (C=O) groups is 2. The molecule has 1 atom stereocenters. The number of morpholine rings is 1. The molecular weight excluding hydrogens is 638 g/mol. The number of anilines is 1. The Kier molecular flexibility index (Phi) is 9.97. The van der Waals surface area contributed by atoms with Gasteiger partial charge in [-0.3, -0.25) is 14.5 Å². The Morgan fingerprint density at radius 1 is 0.902 bits per heavy atom. The van der Waals surface area contributed by atoms with E-state index in [1.165, 1.54) is 5.56 Å². The zero-order chi connectivity index (χ0) is 35.3. The molecule has 51 heavy (non-hydrogen) atoms. The minimum atomic E-state index is -0.269. The van der Waals surface area contributed by atoms with Crippen molar-refractivity contribution < 1.29 is 19.1 Å². The normalized spacial score (nSPS) is 15.9. The third-order valence-electron chi connectivity index (χ3n) is 9.98. The van der Waals surface area contributed by atoms with Crippen molar-refractivity contribution in [2.75, 3.05) is 38.2 Å². The van der Waals surface area contributed by atoms with E-state index in [1.54, 1.807) is 18.2 Å². The Labute approximate surface area is 298 Å². The van der Waals surface area contributed by atoms with Crippen molar-refractivity contribution in [3.63, 3.8) is 0 Å². The summed E-state index contributed by atoms with van der Waals surface area (Å²) in [6, 6.07) is 34.8. The molecule has 0 spiro atoms. The molecule has 0 unspecified atom stereocenters. The van der Waals surface area contributed by atoms with Crippen LogP contribution in [0.3, 0.4) is 0 Å². The molecule has 1 N–H and O–H groups in total. The summed E-state index contributed by atoms with van der Waals surface area (Å²) >= 11 is 0. The zero-order valence-electron chi connectivity index (χ0n) is 29.0. The van der Waals surface area contributed by atoms with E-state index in [1.807, 2.05) is 90.2 Å². The van der Waals surface area contributed by atoms with Gasteiger partial charge in [0, 0.05) is 67.5 Å². The van der Waals surface area contributed by atoms with Crippen molar-refractivity contribution in [3.8, 4) is 23.1 Å². The van der Waals surface area contributed by atoms with Gasteiger partial charge in [0.2, 0.25) is 0 Å². The Morgan fingerprint density at radius 3 is 2.37 bits per heavy atom. The molecule has 0 saturated carbocycles. The average Bonchev–Trinajstić information content (AvgIpc) is 3.47. The van der Waals surface area contributed by atoms with Gasteiger partial charge in [-0.25, -0.2) is 0 Å². The van der Waals surface area contributed by atoms with Crippen LogP contribution in [0.5, 0.6) is 5.75 Å². The van der Waals surface area contributed by atoms with Gasteiger partial charge in [-0.2, -0.15) is 5.26 Å². The highest BCUT2D eigenvalue weighted by Crippen LogP contribution is 2.33. The second kappa shape index (κ2) is 15.1. The van der Waals surface area contributed by atoms with E-state index in [0.29, 0.717) is 65.8 Å². The predicted molar refractivity (Wildman–Crippen MR) is 197 cm³/mol. The highest BCUT2D eigenvalue weighted by molar-refractivity contribution is 6.07. The second-order valence-electron chi connectivity index (χ2n) is 13.2. The fourth-order valence-corrected chi connectivity index (χ4v) is 7.00. The summed E-state index contributed by atoms with van der Waals surface area (Å²) in [4.78, 5) is 32.7. The van der Waals surface area contributed by atoms with Crippen LogP contribution in [0.25, 0.3) is 11.3 Å². The van der Waals surface area contributed by atoms with Gasteiger partial charge >= 0.3 is 0 Å². The highest BCUT2D eigenvalue weighted by atomic mass is 16.5. The van der Waals surface area contributed by atoms with E-state index in [4.69, 9.17) is 9.47 Å². The van der Waals surface area contributed by atoms with Crippen LogP contribution < -0.4 is 10.1 Å². The summed E-state index contributed by atoms with van der Waals surface area (Å²) in [7, 11) is 1.88. The molecule has 0 aliphatic carbocycles. The maximum Gasteiger partial charge on any atom is 0.257 e. The van der Waals surface area contributed by atoms with Crippen molar-refractivity contribution >= 4 is 17.5 Å². The molecule has 3 heterocycles. The molecule has 9 heteroatoms. The lowest BCUT2D eigenvalue weighted by Gasteiger charge is -2.40. The zero-order valence-corrected chi connectivity index (χ0v) is 29.0. The molecule has 0 radical (unpaired) electrons. The lowest BCUT2D eigenvalue weighted by molar-refractivity contribution is 0.0193. The number of rotatable bonds is 9. The van der Waals surface area contributed by atoms with Gasteiger partial charge in [0.1, 0.15) is 12.4 Å². The molecule has 4 aromatic carbocycles. The first-order valence-corrected chi connectivity index (χ1v) is 17.3. The Balaban J connectivity index is 1.14. The molecule has 0 bridgehead atoms. The van der Waals surface area contributed by atoms with E-state index < -0.39 is 0 Å². The monoisotopic (exact) mass is 679 g/mol. The Morgan fingerprint density at radius 2 is 1.63 bits per heavy atom. The number of nitriles is 1. The molecule has 2 aliphatic heterocycles. The van der Waals surface area contributed by atoms with Gasteiger partial charge in [-0.05, 0) is 78.6 Å². The van der Waals surface area contributed by atoms with Crippen LogP contribution in [0, 0.1) is 18.3 Å². The minimum Gasteiger partial charge on any atom is -0.489 e. The summed E-state index contributed by atoms with van der Waals surface area (Å²) in [6.07, 6.45) is 0.762. The molecule has 2 aliphatic rings. The maximum atomic E-state index is 14.7. The second-order valence-corrected chi connectivity index (χ2v) is 13.2. The highest BCUT2D eigenvalue weighted by Gasteiger charge is 2.33. The van der Waals surface area contributed by atoms with E-state index in [0.717, 1.165) is 42.9 Å². The van der Waals surface area contributed by atoms with Crippen LogP contribution in [-0.4, -0.2) is 65.1 Å². The molecule has 1 fully saturated rings. The first-order valence-electron chi connectivity index (χ1n) is 17.3. The maximum absolute atomic E-state index is 14.7. The fourth-order valence-electron chi connectivity index (χ4n) is 7.00. The van der Waals surface area contributed by atoms with Crippen LogP contribution in [-0.2, 0) is 31.4 Å². The van der Waals surface area contributed by atoms with Crippen molar-refractivity contribution in [1.82, 2.24) is 14.4 Å². The Bertz CT molecular complexity index is 2080. The Hall–Kier alpha value is -5.69. The number of carbonyl (C=O) groups excluding carboxylic acids is 2. The molecular formula is C42H41N5O4. The predicted octanol–water partition coefficient (Wildman–Crippen LogP) is 6.60. The number of fused-ring (bicyclic) bond motifs is 1. The first kappa shape index (κ1) is 33.8. The van der Waals surface area contributed by atoms with Gasteiger partial charge in [0.15, 0.2) is 0 Å². The lowest BCUT2D eigenvalue weighted by Crippen LogP contribution is -2.52. The molecule has 7 rings (SSSR count). The summed E-state index contributed by atoms with van der Waals surface area (Å²) in [6.45, 7) is 6.64. The molecule has 1 aromatic heterocycles. The molecule has 2 amide bonds. The van der Waals surface area contributed by atoms with Gasteiger partial charge in [-0.15, -0.1) is 0 Å². The molecule has 1 saturated heterocycles. The topological polar surface area (TPSA) is 99.8 Å². The van der Waals surface area contributed by atoms with Crippen LogP contribution in [0.2, 0.25) is 0 Å². The molecule has 9 nitrogen and oxygen atoms in total. The third-order valence-corrected chi connectivity index (χ3v) is 9.98. The number of amides is 2. The number of benzene rings is 4. The van der Waals surface area contributed by atoms with E-state index in [2.05, 4.69) is 34.5 Å². The van der Waals surface area contributed by atoms with Gasteiger partial charge in [-0.1, -0.05) is 54.6 Å². The summed E-state index contributed by atoms with van der Waals surface area (Å²) in [5, 5.41) is 12.9. The van der Waals surface area contributed by atoms with Crippen molar-refractivity contribution in [2.24, 2.45) is 7.05 Å². The lowest BCUT2D eigenvalue weighted by atomic mass is 9.91. The summed E-state index contributed by atoms with van der Waals surface area (Å²) in [5.41, 5.74) is 7.58. The van der Waals surface area contributed by atoms with E-state index in [9.17, 15) is 14.9 Å². The number of aromatic nitrogens is 1. The standard InChI is InChI=1S/C42H41N5O4/c1-29-38(41(48)44-34-13-15-36(16-14-34)51-28-30-8-4-3-5-9-30)24-40(45(29)2)39-22-31(25-43)12-17-37(39)42(49)47-26-33-11-7-6-10-32(33)23-35(47)27-46-18-20-50-21-19-46/h3-17,22,24,35H,18-21,23,26-28H2,1-2H3,(H,44,48)/t35-/m0/s1. The van der Waals surface area contributed by atoms with Gasteiger partial charge < -0.3 is 24.3 Å². The van der Waals surface area contributed by atoms with Crippen LogP contribution in [0.15, 0.2) is 103 Å². The largest absolute Gasteiger partial charge is 0.489 e. The summed E-state index contributed by atoms with van der Waals surface area (Å²) in [5.74, 6) is 0.338. The van der Waals surface area contributed by atoms with E-state index >= 15 is 0 Å². The number of hydrogen-bond acceptors (Lipinski definition) is 6. The quantitative estimate of drug-likeness (QED) is 0.189. The number of hydrogen-bond donors (Lipinski definition) is 1. The van der Waals surface area contributed by atoms with Crippen molar-refractivity contribution in [1.29, 1.82) is 5.26 Å². The molecule has 258 valence electrons. The van der Waals surface area contributed by atoms with Crippen LogP contribution in [0.1, 0.15) is 48.7 Å². The number of nitrogens with one attached hydrogen (secondary N) is 1. The molecule has 5 aromatic rings. The number of nitrogens with zero attached hydrogens (tertiary/aromatic N) is 4. The number of ether oxygens (including phenoxy) is 2. The first-order chi connectivity index (χ1) is 24.9. The van der Waals surface area contributed by atoms with Crippen molar-refractivity contribution in [2.45, 2.75) is 32.5 Å². The minimum absolute atomic E-state index is 0.0272. The van der Waals surface area contributed by atoms with Crippen LogP contribution in [0.4, 0.5) is 5.69 Å².